The van der Waals surface area contributed by atoms with E-state index in [1.165, 1.54) is 0 Å². The summed E-state index contributed by atoms with van der Waals surface area (Å²) < 4.78 is 0. The molecule has 1 saturated heterocycles. The van der Waals surface area contributed by atoms with Crippen LogP contribution in [-0.2, 0) is 0 Å². The van der Waals surface area contributed by atoms with E-state index in [0.29, 0.717) is 11.2 Å². The number of hydrogen-bond donors (Lipinski definition) is 2. The first-order chi connectivity index (χ1) is 9.56. The van der Waals surface area contributed by atoms with Crippen LogP contribution in [0, 0.1) is 0 Å². The lowest BCUT2D eigenvalue weighted by atomic mass is 10.2. The van der Waals surface area contributed by atoms with E-state index in [1.54, 1.807) is 0 Å². The number of rotatable bonds is 3. The quantitative estimate of drug-likeness (QED) is 0.840. The number of benzene rings is 1. The molecule has 5 heteroatoms. The molecule has 0 unspecified atom stereocenters. The summed E-state index contributed by atoms with van der Waals surface area (Å²) in [5.41, 5.74) is 1.63. The van der Waals surface area contributed by atoms with Crippen LogP contribution in [0.5, 0.6) is 0 Å². The van der Waals surface area contributed by atoms with Gasteiger partial charge in [0.1, 0.15) is 0 Å². The molecule has 1 aromatic rings. The maximum Gasteiger partial charge on any atom is 0.253 e. The van der Waals surface area contributed by atoms with Crippen molar-refractivity contribution in [1.82, 2.24) is 10.2 Å². The SMILES string of the molecule is CC(C)NC(=S)Nc1ccc(C(=O)N2CCCC2)cc1. The van der Waals surface area contributed by atoms with E-state index in [4.69, 9.17) is 12.2 Å². The van der Waals surface area contributed by atoms with Gasteiger partial charge in [0.05, 0.1) is 0 Å². The molecule has 20 heavy (non-hydrogen) atoms. The lowest BCUT2D eigenvalue weighted by molar-refractivity contribution is 0.0793. The summed E-state index contributed by atoms with van der Waals surface area (Å²) in [6, 6.07) is 7.77. The largest absolute Gasteiger partial charge is 0.360 e. The summed E-state index contributed by atoms with van der Waals surface area (Å²) in [5.74, 6) is 0.122. The van der Waals surface area contributed by atoms with E-state index < -0.39 is 0 Å². The molecule has 108 valence electrons. The van der Waals surface area contributed by atoms with Gasteiger partial charge in [-0.1, -0.05) is 0 Å². The van der Waals surface area contributed by atoms with Gasteiger partial charge < -0.3 is 15.5 Å². The van der Waals surface area contributed by atoms with E-state index in [9.17, 15) is 4.79 Å². The van der Waals surface area contributed by atoms with Crippen molar-refractivity contribution in [2.45, 2.75) is 32.7 Å². The third-order valence-electron chi connectivity index (χ3n) is 3.20. The zero-order valence-electron chi connectivity index (χ0n) is 12.0. The van der Waals surface area contributed by atoms with Gasteiger partial charge in [-0.15, -0.1) is 0 Å². The Morgan fingerprint density at radius 3 is 2.35 bits per heavy atom. The van der Waals surface area contributed by atoms with Gasteiger partial charge in [-0.05, 0) is 63.2 Å². The Kier molecular flexibility index (Phi) is 4.95. The summed E-state index contributed by atoms with van der Waals surface area (Å²) in [6.07, 6.45) is 2.22. The molecule has 0 radical (unpaired) electrons. The summed E-state index contributed by atoms with van der Waals surface area (Å²) in [7, 11) is 0. The number of nitrogens with one attached hydrogen (secondary N) is 2. The van der Waals surface area contributed by atoms with Crippen LogP contribution in [0.2, 0.25) is 0 Å². The van der Waals surface area contributed by atoms with E-state index in [-0.39, 0.29) is 5.91 Å². The highest BCUT2D eigenvalue weighted by Gasteiger charge is 2.19. The average molecular weight is 291 g/mol. The average Bonchev–Trinajstić information content (AvgIpc) is 2.91. The molecule has 1 aliphatic heterocycles. The fraction of sp³-hybridized carbons (Fsp3) is 0.467. The Balaban J connectivity index is 1.95. The van der Waals surface area contributed by atoms with Gasteiger partial charge in [0.25, 0.3) is 5.91 Å². The van der Waals surface area contributed by atoms with Crippen LogP contribution < -0.4 is 10.6 Å². The van der Waals surface area contributed by atoms with Crippen molar-refractivity contribution in [1.29, 1.82) is 0 Å². The van der Waals surface area contributed by atoms with Crippen molar-refractivity contribution in [2.75, 3.05) is 18.4 Å². The first kappa shape index (κ1) is 14.8. The summed E-state index contributed by atoms with van der Waals surface area (Å²) >= 11 is 5.19. The van der Waals surface area contributed by atoms with Crippen LogP contribution in [0.25, 0.3) is 0 Å². The predicted molar refractivity (Wildman–Crippen MR) is 86.1 cm³/mol. The number of thiocarbonyl (C=S) groups is 1. The maximum absolute atomic E-state index is 12.2. The second kappa shape index (κ2) is 6.70. The van der Waals surface area contributed by atoms with Gasteiger partial charge in [0, 0.05) is 30.4 Å². The van der Waals surface area contributed by atoms with Crippen molar-refractivity contribution in [3.63, 3.8) is 0 Å². The fourth-order valence-electron chi connectivity index (χ4n) is 2.23. The first-order valence-electron chi connectivity index (χ1n) is 7.03. The highest BCUT2D eigenvalue weighted by Crippen LogP contribution is 2.15. The molecule has 1 fully saturated rings. The fourth-order valence-corrected chi connectivity index (χ4v) is 2.58. The number of hydrogen-bond acceptors (Lipinski definition) is 2. The molecule has 0 atom stereocenters. The van der Waals surface area contributed by atoms with Crippen LogP contribution >= 0.6 is 12.2 Å². The minimum atomic E-state index is 0.122. The maximum atomic E-state index is 12.2. The zero-order valence-corrected chi connectivity index (χ0v) is 12.8. The molecule has 1 aliphatic rings. The molecule has 0 aliphatic carbocycles. The molecule has 0 aromatic heterocycles. The number of amides is 1. The minimum absolute atomic E-state index is 0.122. The Hall–Kier alpha value is -1.62. The lowest BCUT2D eigenvalue weighted by Gasteiger charge is -2.16. The van der Waals surface area contributed by atoms with E-state index >= 15 is 0 Å². The minimum Gasteiger partial charge on any atom is -0.360 e. The summed E-state index contributed by atoms with van der Waals surface area (Å²) in [5, 5.41) is 6.82. The van der Waals surface area contributed by atoms with Crippen LogP contribution in [0.15, 0.2) is 24.3 Å². The highest BCUT2D eigenvalue weighted by molar-refractivity contribution is 7.80. The second-order valence-electron chi connectivity index (χ2n) is 5.33. The van der Waals surface area contributed by atoms with Gasteiger partial charge in [0.2, 0.25) is 0 Å². The first-order valence-corrected chi connectivity index (χ1v) is 7.44. The van der Waals surface area contributed by atoms with Gasteiger partial charge in [-0.25, -0.2) is 0 Å². The van der Waals surface area contributed by atoms with Gasteiger partial charge in [-0.2, -0.15) is 0 Å². The number of anilines is 1. The van der Waals surface area contributed by atoms with Crippen molar-refractivity contribution >= 4 is 28.9 Å². The molecular weight excluding hydrogens is 270 g/mol. The highest BCUT2D eigenvalue weighted by atomic mass is 32.1. The third-order valence-corrected chi connectivity index (χ3v) is 3.42. The lowest BCUT2D eigenvalue weighted by Crippen LogP contribution is -2.33. The predicted octanol–water partition coefficient (Wildman–Crippen LogP) is 2.62. The van der Waals surface area contributed by atoms with Crippen molar-refractivity contribution in [2.24, 2.45) is 0 Å². The molecule has 0 spiro atoms. The number of nitrogens with zero attached hydrogens (tertiary/aromatic N) is 1. The number of likely N-dealkylation sites (tertiary alicyclic amines) is 1. The summed E-state index contributed by atoms with van der Waals surface area (Å²) in [6.45, 7) is 5.82. The van der Waals surface area contributed by atoms with Crippen LogP contribution in [0.3, 0.4) is 0 Å². The van der Waals surface area contributed by atoms with Crippen LogP contribution in [-0.4, -0.2) is 35.1 Å². The molecule has 1 aromatic carbocycles. The molecule has 2 N–H and O–H groups in total. The van der Waals surface area contributed by atoms with Crippen LogP contribution in [0.4, 0.5) is 5.69 Å². The Labute approximate surface area is 125 Å². The molecule has 2 rings (SSSR count). The van der Waals surface area contributed by atoms with Crippen molar-refractivity contribution in [3.05, 3.63) is 29.8 Å². The van der Waals surface area contributed by atoms with Crippen molar-refractivity contribution < 1.29 is 4.79 Å². The molecule has 1 heterocycles. The zero-order chi connectivity index (χ0) is 14.5. The molecular formula is C15H21N3OS. The normalized spacial score (nSPS) is 14.4. The Morgan fingerprint density at radius 2 is 1.80 bits per heavy atom. The van der Waals surface area contributed by atoms with Crippen LogP contribution in [0.1, 0.15) is 37.0 Å². The van der Waals surface area contributed by atoms with Gasteiger partial charge in [0.15, 0.2) is 5.11 Å². The Bertz CT molecular complexity index is 478. The topological polar surface area (TPSA) is 44.4 Å². The monoisotopic (exact) mass is 291 g/mol. The number of carbonyl (C=O) groups is 1. The standard InChI is InChI=1S/C15H21N3OS/c1-11(2)16-15(20)17-13-7-5-12(6-8-13)14(19)18-9-3-4-10-18/h5-8,11H,3-4,9-10H2,1-2H3,(H2,16,17,20). The van der Waals surface area contributed by atoms with Gasteiger partial charge >= 0.3 is 0 Å². The molecule has 0 saturated carbocycles. The van der Waals surface area contributed by atoms with E-state index in [1.807, 2.05) is 43.0 Å². The molecule has 4 nitrogen and oxygen atoms in total. The second-order valence-corrected chi connectivity index (χ2v) is 5.74. The van der Waals surface area contributed by atoms with Gasteiger partial charge in [-0.3, -0.25) is 4.79 Å². The molecule has 1 amide bonds. The smallest absolute Gasteiger partial charge is 0.253 e. The third kappa shape index (κ3) is 3.93. The summed E-state index contributed by atoms with van der Waals surface area (Å²) in [4.78, 5) is 14.1. The van der Waals surface area contributed by atoms with Crippen molar-refractivity contribution in [3.8, 4) is 0 Å². The Morgan fingerprint density at radius 1 is 1.20 bits per heavy atom. The van der Waals surface area contributed by atoms with E-state index in [2.05, 4.69) is 10.6 Å². The number of carbonyl (C=O) groups excluding carboxylic acids is 1. The molecule has 0 bridgehead atoms. The van der Waals surface area contributed by atoms with E-state index in [0.717, 1.165) is 37.2 Å².